The number of carbonyl (C=O) groups excluding carboxylic acids is 1. The fraction of sp³-hybridized carbons (Fsp3) is 0.615. The summed E-state index contributed by atoms with van der Waals surface area (Å²) in [4.78, 5) is 20.6. The second-order valence-electron chi connectivity index (χ2n) is 5.13. The van der Waals surface area contributed by atoms with Gasteiger partial charge in [-0.2, -0.15) is 0 Å². The molecule has 3 N–H and O–H groups in total. The number of anilines is 1. The van der Waals surface area contributed by atoms with E-state index in [1.165, 1.54) is 6.20 Å². The van der Waals surface area contributed by atoms with Crippen LogP contribution in [0.3, 0.4) is 0 Å². The van der Waals surface area contributed by atoms with Crippen LogP contribution in [0.2, 0.25) is 0 Å². The predicted molar refractivity (Wildman–Crippen MR) is 71.8 cm³/mol. The third-order valence-corrected chi connectivity index (χ3v) is 3.26. The van der Waals surface area contributed by atoms with Crippen molar-refractivity contribution < 1.29 is 9.53 Å². The van der Waals surface area contributed by atoms with Crippen molar-refractivity contribution in [3.63, 3.8) is 0 Å². The summed E-state index contributed by atoms with van der Waals surface area (Å²) in [5.41, 5.74) is 6.33. The first-order valence-electron chi connectivity index (χ1n) is 6.54. The smallest absolute Gasteiger partial charge is 0.272 e. The lowest BCUT2D eigenvalue weighted by atomic mass is 10.1. The Morgan fingerprint density at radius 1 is 1.58 bits per heavy atom. The zero-order valence-electron chi connectivity index (χ0n) is 11.5. The first-order valence-corrected chi connectivity index (χ1v) is 6.54. The number of carbonyl (C=O) groups is 1. The maximum Gasteiger partial charge on any atom is 0.272 e. The number of nitrogens with one attached hydrogen (secondary N) is 1. The molecule has 2 heterocycles. The Hall–Kier alpha value is -1.69. The number of aromatic nitrogens is 2. The van der Waals surface area contributed by atoms with E-state index in [9.17, 15) is 4.79 Å². The largest absolute Gasteiger partial charge is 0.396 e. The van der Waals surface area contributed by atoms with Crippen LogP contribution in [-0.2, 0) is 4.74 Å². The zero-order valence-corrected chi connectivity index (χ0v) is 11.5. The molecule has 1 fully saturated rings. The molecular formula is C13H20N4O2. The van der Waals surface area contributed by atoms with Gasteiger partial charge in [0.2, 0.25) is 0 Å². The topological polar surface area (TPSA) is 90.1 Å². The van der Waals surface area contributed by atoms with E-state index in [1.54, 1.807) is 0 Å². The molecule has 0 saturated carbocycles. The van der Waals surface area contributed by atoms with Crippen LogP contribution >= 0.6 is 0 Å². The van der Waals surface area contributed by atoms with Gasteiger partial charge in [0.25, 0.3) is 5.91 Å². The van der Waals surface area contributed by atoms with Crippen LogP contribution in [0.5, 0.6) is 0 Å². The Morgan fingerprint density at radius 3 is 2.89 bits per heavy atom. The molecule has 1 aromatic heterocycles. The van der Waals surface area contributed by atoms with Gasteiger partial charge in [0.05, 0.1) is 24.0 Å². The lowest BCUT2D eigenvalue weighted by molar-refractivity contribution is 0.0862. The Labute approximate surface area is 112 Å². The van der Waals surface area contributed by atoms with Crippen molar-refractivity contribution in [3.8, 4) is 0 Å². The third kappa shape index (κ3) is 3.01. The van der Waals surface area contributed by atoms with Crippen molar-refractivity contribution >= 4 is 11.6 Å². The van der Waals surface area contributed by atoms with Crippen LogP contribution < -0.4 is 11.1 Å². The standard InChI is InChI=1S/C13H20N4O2/c1-7(2)12-15-6-9(14)11(17-12)13(18)16-10-4-5-19-8(10)3/h6-8,10H,4-5,14H2,1-3H3,(H,16,18). The van der Waals surface area contributed by atoms with E-state index in [2.05, 4.69) is 15.3 Å². The maximum absolute atomic E-state index is 12.2. The minimum absolute atomic E-state index is 0.0179. The Kier molecular flexibility index (Phi) is 3.99. The van der Waals surface area contributed by atoms with Gasteiger partial charge in [-0.1, -0.05) is 13.8 Å². The predicted octanol–water partition coefficient (Wildman–Crippen LogP) is 1.09. The summed E-state index contributed by atoms with van der Waals surface area (Å²) in [5, 5.41) is 2.92. The van der Waals surface area contributed by atoms with Crippen molar-refractivity contribution in [2.75, 3.05) is 12.3 Å². The summed E-state index contributed by atoms with van der Waals surface area (Å²) in [6.45, 7) is 6.56. The summed E-state index contributed by atoms with van der Waals surface area (Å²) in [6.07, 6.45) is 2.33. The Balaban J connectivity index is 2.16. The van der Waals surface area contributed by atoms with Gasteiger partial charge < -0.3 is 15.8 Å². The van der Waals surface area contributed by atoms with Gasteiger partial charge in [0.15, 0.2) is 5.69 Å². The molecule has 2 rings (SSSR count). The average molecular weight is 264 g/mol. The number of hydrogen-bond donors (Lipinski definition) is 2. The number of nitrogens with two attached hydrogens (primary N) is 1. The maximum atomic E-state index is 12.2. The van der Waals surface area contributed by atoms with Gasteiger partial charge in [-0.3, -0.25) is 4.79 Å². The molecule has 2 unspecified atom stereocenters. The number of nitrogens with zero attached hydrogens (tertiary/aromatic N) is 2. The Morgan fingerprint density at radius 2 is 2.32 bits per heavy atom. The minimum atomic E-state index is -0.260. The summed E-state index contributed by atoms with van der Waals surface area (Å²) in [6, 6.07) is 0.0179. The van der Waals surface area contributed by atoms with E-state index in [1.807, 2.05) is 20.8 Å². The van der Waals surface area contributed by atoms with Gasteiger partial charge in [-0.15, -0.1) is 0 Å². The fourth-order valence-electron chi connectivity index (χ4n) is 2.02. The molecular weight excluding hydrogens is 244 g/mol. The normalized spacial score (nSPS) is 22.7. The fourth-order valence-corrected chi connectivity index (χ4v) is 2.02. The third-order valence-electron chi connectivity index (χ3n) is 3.26. The van der Waals surface area contributed by atoms with Crippen LogP contribution in [0.25, 0.3) is 0 Å². The van der Waals surface area contributed by atoms with Crippen molar-refractivity contribution in [2.24, 2.45) is 0 Å². The monoisotopic (exact) mass is 264 g/mol. The van der Waals surface area contributed by atoms with E-state index in [4.69, 9.17) is 10.5 Å². The van der Waals surface area contributed by atoms with E-state index in [-0.39, 0.29) is 29.7 Å². The van der Waals surface area contributed by atoms with Crippen LogP contribution in [0, 0.1) is 0 Å². The molecule has 6 heteroatoms. The molecule has 1 aliphatic rings. The summed E-state index contributed by atoms with van der Waals surface area (Å²) in [5.74, 6) is 0.514. The van der Waals surface area contributed by atoms with E-state index >= 15 is 0 Å². The van der Waals surface area contributed by atoms with Gasteiger partial charge >= 0.3 is 0 Å². The van der Waals surface area contributed by atoms with Crippen LogP contribution in [0.15, 0.2) is 6.20 Å². The molecule has 0 bridgehead atoms. The zero-order chi connectivity index (χ0) is 14.0. The Bertz CT molecular complexity index is 476. The molecule has 19 heavy (non-hydrogen) atoms. The molecule has 0 radical (unpaired) electrons. The highest BCUT2D eigenvalue weighted by atomic mass is 16.5. The van der Waals surface area contributed by atoms with Crippen LogP contribution in [0.1, 0.15) is 49.4 Å². The molecule has 104 valence electrons. The van der Waals surface area contributed by atoms with Crippen molar-refractivity contribution in [3.05, 3.63) is 17.7 Å². The second kappa shape index (κ2) is 5.52. The molecule has 1 saturated heterocycles. The first-order chi connectivity index (χ1) is 8.99. The van der Waals surface area contributed by atoms with Crippen LogP contribution in [-0.4, -0.2) is 34.6 Å². The average Bonchev–Trinajstić information content (AvgIpc) is 2.75. The summed E-state index contributed by atoms with van der Waals surface area (Å²) in [7, 11) is 0. The minimum Gasteiger partial charge on any atom is -0.396 e. The lowest BCUT2D eigenvalue weighted by Crippen LogP contribution is -2.40. The van der Waals surface area contributed by atoms with Crippen LogP contribution in [0.4, 0.5) is 5.69 Å². The molecule has 1 aromatic rings. The lowest BCUT2D eigenvalue weighted by Gasteiger charge is -2.16. The highest BCUT2D eigenvalue weighted by molar-refractivity contribution is 5.97. The molecule has 0 aromatic carbocycles. The van der Waals surface area contributed by atoms with Gasteiger partial charge in [-0.25, -0.2) is 9.97 Å². The van der Waals surface area contributed by atoms with Gasteiger partial charge in [0.1, 0.15) is 5.82 Å². The molecule has 1 amide bonds. The number of nitrogen functional groups attached to an aromatic ring is 1. The molecule has 1 aliphatic heterocycles. The molecule has 6 nitrogen and oxygen atoms in total. The first kappa shape index (κ1) is 13.7. The number of ether oxygens (including phenoxy) is 1. The number of hydrogen-bond acceptors (Lipinski definition) is 5. The van der Waals surface area contributed by atoms with E-state index < -0.39 is 0 Å². The summed E-state index contributed by atoms with van der Waals surface area (Å²) >= 11 is 0. The van der Waals surface area contributed by atoms with Crippen molar-refractivity contribution in [1.82, 2.24) is 15.3 Å². The highest BCUT2D eigenvalue weighted by Crippen LogP contribution is 2.16. The number of rotatable bonds is 3. The van der Waals surface area contributed by atoms with Gasteiger partial charge in [0, 0.05) is 12.5 Å². The highest BCUT2D eigenvalue weighted by Gasteiger charge is 2.27. The van der Waals surface area contributed by atoms with Crippen molar-refractivity contribution in [2.45, 2.75) is 45.3 Å². The van der Waals surface area contributed by atoms with E-state index in [0.717, 1.165) is 6.42 Å². The SMILES string of the molecule is CC(C)c1ncc(N)c(C(=O)NC2CCOC2C)n1. The van der Waals surface area contributed by atoms with Gasteiger partial charge in [-0.05, 0) is 13.3 Å². The second-order valence-corrected chi connectivity index (χ2v) is 5.13. The van der Waals surface area contributed by atoms with E-state index in [0.29, 0.717) is 18.1 Å². The molecule has 0 spiro atoms. The summed E-state index contributed by atoms with van der Waals surface area (Å²) < 4.78 is 5.42. The molecule has 0 aliphatic carbocycles. The van der Waals surface area contributed by atoms with Crippen molar-refractivity contribution in [1.29, 1.82) is 0 Å². The quantitative estimate of drug-likeness (QED) is 0.853. The molecule has 2 atom stereocenters. The number of amides is 1.